The fourth-order valence-corrected chi connectivity index (χ4v) is 4.95. The van der Waals surface area contributed by atoms with E-state index in [-0.39, 0.29) is 29.6 Å². The third-order valence-electron chi connectivity index (χ3n) is 6.84. The molecule has 40 heavy (non-hydrogen) atoms. The van der Waals surface area contributed by atoms with Gasteiger partial charge in [0.25, 0.3) is 5.91 Å². The number of aromatic nitrogens is 2. The fourth-order valence-electron chi connectivity index (χ4n) is 4.95. The van der Waals surface area contributed by atoms with Crippen LogP contribution < -0.4 is 16.4 Å². The summed E-state index contributed by atoms with van der Waals surface area (Å²) in [6.07, 6.45) is 3.68. The molecular weight excluding hydrogens is 523 g/mol. The van der Waals surface area contributed by atoms with Gasteiger partial charge >= 0.3 is 6.09 Å². The van der Waals surface area contributed by atoms with Gasteiger partial charge < -0.3 is 21.1 Å². The van der Waals surface area contributed by atoms with Gasteiger partial charge in [0.1, 0.15) is 34.4 Å². The SMILES string of the molecule is C[C@H]1C[C@@H](c2ccncc2NC(=O)c2ccc(F)c(-c3c(F)cccc3F)n2)C[C@@H](NC(=O)OC(C)(C)C)[C@H]1N. The summed E-state index contributed by atoms with van der Waals surface area (Å²) in [5.41, 5.74) is 5.40. The highest BCUT2D eigenvalue weighted by molar-refractivity contribution is 6.03. The van der Waals surface area contributed by atoms with Crippen LogP contribution in [0.5, 0.6) is 0 Å². The van der Waals surface area contributed by atoms with Crippen molar-refractivity contribution >= 4 is 17.7 Å². The van der Waals surface area contributed by atoms with Gasteiger partial charge in [0.2, 0.25) is 0 Å². The van der Waals surface area contributed by atoms with Gasteiger partial charge in [-0.1, -0.05) is 13.0 Å². The predicted octanol–water partition coefficient (Wildman–Crippen LogP) is 5.55. The maximum absolute atomic E-state index is 14.5. The molecule has 0 aliphatic heterocycles. The number of ether oxygens (including phenoxy) is 1. The minimum Gasteiger partial charge on any atom is -0.444 e. The molecule has 0 spiro atoms. The lowest BCUT2D eigenvalue weighted by Crippen LogP contribution is -2.54. The van der Waals surface area contributed by atoms with E-state index in [2.05, 4.69) is 20.6 Å². The summed E-state index contributed by atoms with van der Waals surface area (Å²) >= 11 is 0. The molecule has 1 fully saturated rings. The van der Waals surface area contributed by atoms with Crippen LogP contribution in [0.15, 0.2) is 48.8 Å². The molecule has 1 aromatic carbocycles. The van der Waals surface area contributed by atoms with Crippen molar-refractivity contribution in [2.75, 3.05) is 5.32 Å². The molecule has 0 saturated heterocycles. The van der Waals surface area contributed by atoms with Gasteiger partial charge in [-0.2, -0.15) is 0 Å². The number of hydrogen-bond donors (Lipinski definition) is 3. The lowest BCUT2D eigenvalue weighted by atomic mass is 9.73. The van der Waals surface area contributed by atoms with Gasteiger partial charge in [0.05, 0.1) is 17.4 Å². The summed E-state index contributed by atoms with van der Waals surface area (Å²) in [5, 5.41) is 5.63. The van der Waals surface area contributed by atoms with Crippen LogP contribution in [-0.4, -0.2) is 39.7 Å². The van der Waals surface area contributed by atoms with Crippen LogP contribution >= 0.6 is 0 Å². The molecule has 212 valence electrons. The number of anilines is 1. The van der Waals surface area contributed by atoms with E-state index in [0.29, 0.717) is 18.5 Å². The molecule has 4 atom stereocenters. The van der Waals surface area contributed by atoms with E-state index in [1.165, 1.54) is 6.20 Å². The van der Waals surface area contributed by atoms with Crippen molar-refractivity contribution in [3.63, 3.8) is 0 Å². The van der Waals surface area contributed by atoms with Crippen LogP contribution in [0.25, 0.3) is 11.3 Å². The smallest absolute Gasteiger partial charge is 0.407 e. The van der Waals surface area contributed by atoms with Crippen molar-refractivity contribution in [2.24, 2.45) is 11.7 Å². The van der Waals surface area contributed by atoms with Crippen molar-refractivity contribution in [1.82, 2.24) is 15.3 Å². The summed E-state index contributed by atoms with van der Waals surface area (Å²) in [6, 6.07) is 6.27. The molecule has 2 amide bonds. The van der Waals surface area contributed by atoms with Gasteiger partial charge in [0, 0.05) is 18.3 Å². The lowest BCUT2D eigenvalue weighted by molar-refractivity contribution is 0.0470. The average molecular weight is 556 g/mol. The molecular formula is C29H32F3N5O3. The second-order valence-electron chi connectivity index (χ2n) is 11.0. The first-order chi connectivity index (χ1) is 18.8. The fraction of sp³-hybridized carbons (Fsp3) is 0.379. The van der Waals surface area contributed by atoms with Gasteiger partial charge in [-0.3, -0.25) is 9.78 Å². The zero-order chi connectivity index (χ0) is 29.2. The molecule has 4 N–H and O–H groups in total. The molecule has 1 aliphatic carbocycles. The number of rotatable bonds is 5. The third kappa shape index (κ3) is 6.59. The Morgan fingerprint density at radius 3 is 2.40 bits per heavy atom. The number of halogens is 3. The van der Waals surface area contributed by atoms with Crippen molar-refractivity contribution in [3.8, 4) is 11.3 Å². The Balaban J connectivity index is 1.57. The monoisotopic (exact) mass is 555 g/mol. The number of carbonyl (C=O) groups excluding carboxylic acids is 2. The van der Waals surface area contributed by atoms with Crippen molar-refractivity contribution in [2.45, 2.75) is 64.1 Å². The Hall–Kier alpha value is -3.99. The third-order valence-corrected chi connectivity index (χ3v) is 6.84. The zero-order valence-corrected chi connectivity index (χ0v) is 22.7. The highest BCUT2D eigenvalue weighted by Crippen LogP contribution is 2.39. The number of pyridine rings is 2. The molecule has 0 bridgehead atoms. The first kappa shape index (κ1) is 29.0. The van der Waals surface area contributed by atoms with Gasteiger partial charge in [-0.15, -0.1) is 0 Å². The molecule has 2 aromatic heterocycles. The van der Waals surface area contributed by atoms with E-state index >= 15 is 0 Å². The molecule has 3 aromatic rings. The van der Waals surface area contributed by atoms with Gasteiger partial charge in [-0.25, -0.2) is 22.9 Å². The first-order valence-electron chi connectivity index (χ1n) is 13.0. The van der Waals surface area contributed by atoms with Crippen LogP contribution in [0.3, 0.4) is 0 Å². The van der Waals surface area contributed by atoms with Crippen molar-refractivity contribution < 1.29 is 27.5 Å². The van der Waals surface area contributed by atoms with E-state index in [0.717, 1.165) is 35.9 Å². The molecule has 0 radical (unpaired) electrons. The first-order valence-corrected chi connectivity index (χ1v) is 13.0. The van der Waals surface area contributed by atoms with E-state index < -0.39 is 46.3 Å². The lowest BCUT2D eigenvalue weighted by Gasteiger charge is -2.39. The van der Waals surface area contributed by atoms with Crippen LogP contribution in [0.4, 0.5) is 23.7 Å². The molecule has 11 heteroatoms. The van der Waals surface area contributed by atoms with Crippen LogP contribution in [0.1, 0.15) is 62.5 Å². The minimum absolute atomic E-state index is 0.0346. The zero-order valence-electron chi connectivity index (χ0n) is 22.7. The number of amides is 2. The van der Waals surface area contributed by atoms with E-state index in [4.69, 9.17) is 10.5 Å². The van der Waals surface area contributed by atoms with Crippen LogP contribution in [-0.2, 0) is 4.74 Å². The molecule has 8 nitrogen and oxygen atoms in total. The second kappa shape index (κ2) is 11.6. The minimum atomic E-state index is -1.00. The highest BCUT2D eigenvalue weighted by atomic mass is 19.1. The quantitative estimate of drug-likeness (QED) is 0.380. The topological polar surface area (TPSA) is 119 Å². The number of nitrogens with two attached hydrogens (primary N) is 1. The number of alkyl carbamates (subject to hydrolysis) is 1. The Morgan fingerprint density at radius 2 is 1.73 bits per heavy atom. The number of nitrogens with one attached hydrogen (secondary N) is 2. The summed E-state index contributed by atoms with van der Waals surface area (Å²) in [5.74, 6) is -3.75. The highest BCUT2D eigenvalue weighted by Gasteiger charge is 2.36. The standard InChI is InChI=1S/C29H32F3N5O3/c1-15-12-16(13-22(25(15)33)37-28(39)40-29(2,3)4)17-10-11-34-14-23(17)36-27(38)21-9-8-20(32)26(35-21)24-18(30)6-5-7-19(24)31/h5-11,14-16,22,25H,12-13,33H2,1-4H3,(H,36,38)(H,37,39)/t15-,16+,22+,25-/m0/s1. The Labute approximate surface area is 230 Å². The predicted molar refractivity (Wildman–Crippen MR) is 144 cm³/mol. The molecule has 1 aliphatic rings. The molecule has 1 saturated carbocycles. The van der Waals surface area contributed by atoms with Crippen LogP contribution in [0, 0.1) is 23.4 Å². The maximum Gasteiger partial charge on any atom is 0.407 e. The molecule has 2 heterocycles. The second-order valence-corrected chi connectivity index (χ2v) is 11.0. The van der Waals surface area contributed by atoms with E-state index in [1.54, 1.807) is 33.0 Å². The number of carbonyl (C=O) groups is 2. The summed E-state index contributed by atoms with van der Waals surface area (Å²) < 4.78 is 48.5. The maximum atomic E-state index is 14.5. The van der Waals surface area contributed by atoms with E-state index in [9.17, 15) is 22.8 Å². The average Bonchev–Trinajstić information content (AvgIpc) is 2.86. The molecule has 4 rings (SSSR count). The number of hydrogen-bond acceptors (Lipinski definition) is 6. The largest absolute Gasteiger partial charge is 0.444 e. The normalized spacial score (nSPS) is 21.0. The Bertz CT molecular complexity index is 1390. The summed E-state index contributed by atoms with van der Waals surface area (Å²) in [4.78, 5) is 33.7. The van der Waals surface area contributed by atoms with Crippen molar-refractivity contribution in [1.29, 1.82) is 0 Å². The van der Waals surface area contributed by atoms with Crippen LogP contribution in [0.2, 0.25) is 0 Å². The van der Waals surface area contributed by atoms with Gasteiger partial charge in [0.15, 0.2) is 0 Å². The Kier molecular flexibility index (Phi) is 8.43. The van der Waals surface area contributed by atoms with Crippen molar-refractivity contribution in [3.05, 3.63) is 77.5 Å². The summed E-state index contributed by atoms with van der Waals surface area (Å²) in [6.45, 7) is 7.31. The Morgan fingerprint density at radius 1 is 1.02 bits per heavy atom. The molecule has 0 unspecified atom stereocenters. The summed E-state index contributed by atoms with van der Waals surface area (Å²) in [7, 11) is 0. The van der Waals surface area contributed by atoms with Gasteiger partial charge in [-0.05, 0) is 81.3 Å². The van der Waals surface area contributed by atoms with E-state index in [1.807, 2.05) is 6.92 Å². The number of benzene rings is 1. The number of nitrogens with zero attached hydrogens (tertiary/aromatic N) is 2.